The van der Waals surface area contributed by atoms with Gasteiger partial charge >= 0.3 is 5.97 Å². The van der Waals surface area contributed by atoms with Gasteiger partial charge in [-0.25, -0.2) is 4.79 Å². The number of carboxylic acid groups (broad SMARTS) is 1. The Balaban J connectivity index is 2.89. The summed E-state index contributed by atoms with van der Waals surface area (Å²) < 4.78 is 0. The summed E-state index contributed by atoms with van der Waals surface area (Å²) >= 11 is 0. The van der Waals surface area contributed by atoms with Crippen LogP contribution in [-0.4, -0.2) is 76.1 Å². The standard InChI is InChI=1S/C19H34N4O6/c1-10(2)8-12(16(25)22-13(9-24)19(28)29)21-17(26)14-6-5-7-23(14)18(27)15(20)11(3)4/h10-15,24H,5-9,20H2,1-4H3,(H,21,26)(H,22,25)(H,28,29). The Bertz CT molecular complexity index is 610. The van der Waals surface area contributed by atoms with E-state index in [4.69, 9.17) is 15.9 Å². The highest BCUT2D eigenvalue weighted by molar-refractivity contribution is 5.94. The largest absolute Gasteiger partial charge is 0.480 e. The Morgan fingerprint density at radius 1 is 1.10 bits per heavy atom. The van der Waals surface area contributed by atoms with E-state index >= 15 is 0 Å². The number of aliphatic hydroxyl groups is 1. The zero-order valence-electron chi connectivity index (χ0n) is 17.6. The first-order chi connectivity index (χ1) is 13.5. The molecule has 0 aromatic carbocycles. The molecule has 0 aromatic heterocycles. The van der Waals surface area contributed by atoms with Crippen molar-refractivity contribution in [3.8, 4) is 0 Å². The highest BCUT2D eigenvalue weighted by Crippen LogP contribution is 2.20. The van der Waals surface area contributed by atoms with Gasteiger partial charge in [0.25, 0.3) is 0 Å². The Hall–Kier alpha value is -2.20. The summed E-state index contributed by atoms with van der Waals surface area (Å²) in [7, 11) is 0. The minimum Gasteiger partial charge on any atom is -0.480 e. The molecule has 29 heavy (non-hydrogen) atoms. The first kappa shape index (κ1) is 24.8. The van der Waals surface area contributed by atoms with Gasteiger partial charge < -0.3 is 31.5 Å². The van der Waals surface area contributed by atoms with Crippen LogP contribution in [0.2, 0.25) is 0 Å². The number of aliphatic hydroxyl groups excluding tert-OH is 1. The molecule has 0 radical (unpaired) electrons. The van der Waals surface area contributed by atoms with Crippen molar-refractivity contribution in [1.29, 1.82) is 0 Å². The van der Waals surface area contributed by atoms with Crippen LogP contribution in [0.4, 0.5) is 0 Å². The molecule has 1 heterocycles. The van der Waals surface area contributed by atoms with E-state index in [9.17, 15) is 19.2 Å². The third-order valence-electron chi connectivity index (χ3n) is 4.98. The number of hydrogen-bond acceptors (Lipinski definition) is 6. The van der Waals surface area contributed by atoms with Gasteiger partial charge in [0.15, 0.2) is 0 Å². The molecule has 0 aliphatic carbocycles. The third kappa shape index (κ3) is 6.97. The minimum atomic E-state index is -1.46. The van der Waals surface area contributed by atoms with Crippen LogP contribution in [0.5, 0.6) is 0 Å². The van der Waals surface area contributed by atoms with Gasteiger partial charge in [0.1, 0.15) is 18.1 Å². The van der Waals surface area contributed by atoms with Gasteiger partial charge in [-0.05, 0) is 31.1 Å². The van der Waals surface area contributed by atoms with E-state index in [0.717, 1.165) is 0 Å². The number of nitrogens with two attached hydrogens (primary N) is 1. The first-order valence-corrected chi connectivity index (χ1v) is 10.00. The predicted octanol–water partition coefficient (Wildman–Crippen LogP) is -0.947. The number of carbonyl (C=O) groups excluding carboxylic acids is 3. The predicted molar refractivity (Wildman–Crippen MR) is 106 cm³/mol. The minimum absolute atomic E-state index is 0.0409. The Morgan fingerprint density at radius 3 is 2.21 bits per heavy atom. The van der Waals surface area contributed by atoms with Crippen LogP contribution in [0.1, 0.15) is 47.0 Å². The molecule has 1 rings (SSSR count). The van der Waals surface area contributed by atoms with Crippen molar-refractivity contribution in [1.82, 2.24) is 15.5 Å². The van der Waals surface area contributed by atoms with Crippen LogP contribution in [0.25, 0.3) is 0 Å². The molecule has 0 spiro atoms. The van der Waals surface area contributed by atoms with E-state index in [1.54, 1.807) is 0 Å². The average Bonchev–Trinajstić information content (AvgIpc) is 3.13. The van der Waals surface area contributed by atoms with Gasteiger partial charge in [-0.1, -0.05) is 27.7 Å². The third-order valence-corrected chi connectivity index (χ3v) is 4.98. The molecule has 0 aromatic rings. The zero-order valence-corrected chi connectivity index (χ0v) is 17.6. The monoisotopic (exact) mass is 414 g/mol. The van der Waals surface area contributed by atoms with Crippen molar-refractivity contribution >= 4 is 23.7 Å². The van der Waals surface area contributed by atoms with Gasteiger partial charge in [-0.15, -0.1) is 0 Å². The van der Waals surface area contributed by atoms with E-state index in [1.165, 1.54) is 4.90 Å². The van der Waals surface area contributed by atoms with E-state index in [-0.39, 0.29) is 24.2 Å². The van der Waals surface area contributed by atoms with Crippen molar-refractivity contribution in [2.24, 2.45) is 17.6 Å². The second-order valence-corrected chi connectivity index (χ2v) is 8.23. The fraction of sp³-hybridized carbons (Fsp3) is 0.789. The van der Waals surface area contributed by atoms with Crippen molar-refractivity contribution in [2.45, 2.75) is 71.1 Å². The van der Waals surface area contributed by atoms with Gasteiger partial charge in [0.2, 0.25) is 17.7 Å². The molecule has 0 bridgehead atoms. The molecule has 166 valence electrons. The molecule has 3 amide bonds. The number of aliphatic carboxylic acids is 1. The van der Waals surface area contributed by atoms with E-state index in [2.05, 4.69) is 10.6 Å². The van der Waals surface area contributed by atoms with E-state index in [1.807, 2.05) is 27.7 Å². The molecular weight excluding hydrogens is 380 g/mol. The molecule has 0 saturated carbocycles. The van der Waals surface area contributed by atoms with Crippen LogP contribution in [0.15, 0.2) is 0 Å². The lowest BCUT2D eigenvalue weighted by Gasteiger charge is -2.30. The molecule has 4 atom stereocenters. The summed E-state index contributed by atoms with van der Waals surface area (Å²) in [5.74, 6) is -2.86. The number of nitrogens with zero attached hydrogens (tertiary/aromatic N) is 1. The highest BCUT2D eigenvalue weighted by Gasteiger charge is 2.38. The van der Waals surface area contributed by atoms with Crippen molar-refractivity contribution < 1.29 is 29.4 Å². The lowest BCUT2D eigenvalue weighted by Crippen LogP contribution is -2.57. The van der Waals surface area contributed by atoms with Crippen molar-refractivity contribution in [3.05, 3.63) is 0 Å². The summed E-state index contributed by atoms with van der Waals surface area (Å²) in [4.78, 5) is 50.5. The number of hydrogen-bond donors (Lipinski definition) is 5. The molecule has 1 saturated heterocycles. The Morgan fingerprint density at radius 2 is 1.72 bits per heavy atom. The molecule has 4 unspecified atom stereocenters. The summed E-state index contributed by atoms with van der Waals surface area (Å²) in [6.45, 7) is 7.04. The van der Waals surface area contributed by atoms with Crippen LogP contribution < -0.4 is 16.4 Å². The molecule has 1 aliphatic heterocycles. The van der Waals surface area contributed by atoms with Crippen LogP contribution >= 0.6 is 0 Å². The quantitative estimate of drug-likeness (QED) is 0.308. The molecule has 10 nitrogen and oxygen atoms in total. The van der Waals surface area contributed by atoms with Crippen molar-refractivity contribution in [3.63, 3.8) is 0 Å². The number of amides is 3. The lowest BCUT2D eigenvalue weighted by atomic mass is 10.0. The summed E-state index contributed by atoms with van der Waals surface area (Å²) in [6.07, 6.45) is 1.40. The lowest BCUT2D eigenvalue weighted by molar-refractivity contribution is -0.144. The second-order valence-electron chi connectivity index (χ2n) is 8.23. The van der Waals surface area contributed by atoms with Gasteiger partial charge in [-0.3, -0.25) is 14.4 Å². The van der Waals surface area contributed by atoms with Gasteiger partial charge in [0, 0.05) is 6.54 Å². The summed E-state index contributed by atoms with van der Waals surface area (Å²) in [5, 5.41) is 23.0. The highest BCUT2D eigenvalue weighted by atomic mass is 16.4. The number of likely N-dealkylation sites (tertiary alicyclic amines) is 1. The molecular formula is C19H34N4O6. The molecule has 1 fully saturated rings. The Labute approximate surface area is 171 Å². The maximum atomic E-state index is 12.8. The number of rotatable bonds is 10. The Kier molecular flexibility index (Phi) is 9.51. The van der Waals surface area contributed by atoms with E-state index in [0.29, 0.717) is 19.4 Å². The molecule has 1 aliphatic rings. The van der Waals surface area contributed by atoms with Crippen LogP contribution in [0, 0.1) is 11.8 Å². The summed E-state index contributed by atoms with van der Waals surface area (Å²) in [6, 6.07) is -3.86. The number of carboxylic acids is 1. The SMILES string of the molecule is CC(C)CC(NC(=O)C1CCCN1C(=O)C(N)C(C)C)C(=O)NC(CO)C(=O)O. The fourth-order valence-corrected chi connectivity index (χ4v) is 3.21. The first-order valence-electron chi connectivity index (χ1n) is 10.00. The molecule has 10 heteroatoms. The fourth-order valence-electron chi connectivity index (χ4n) is 3.21. The maximum absolute atomic E-state index is 12.8. The number of carbonyl (C=O) groups is 4. The normalized spacial score (nSPS) is 19.7. The van der Waals surface area contributed by atoms with Gasteiger partial charge in [-0.2, -0.15) is 0 Å². The average molecular weight is 415 g/mol. The van der Waals surface area contributed by atoms with Gasteiger partial charge in [0.05, 0.1) is 12.6 Å². The topological polar surface area (TPSA) is 162 Å². The van der Waals surface area contributed by atoms with E-state index < -0.39 is 48.6 Å². The van der Waals surface area contributed by atoms with Crippen LogP contribution in [0.3, 0.4) is 0 Å². The summed E-state index contributed by atoms with van der Waals surface area (Å²) in [5.41, 5.74) is 5.95. The maximum Gasteiger partial charge on any atom is 0.328 e. The second kappa shape index (κ2) is 11.1. The van der Waals surface area contributed by atoms with Crippen LogP contribution in [-0.2, 0) is 19.2 Å². The number of nitrogens with one attached hydrogen (secondary N) is 2. The zero-order chi connectivity index (χ0) is 22.3. The van der Waals surface area contributed by atoms with Crippen molar-refractivity contribution in [2.75, 3.05) is 13.2 Å². The molecule has 6 N–H and O–H groups in total. The smallest absolute Gasteiger partial charge is 0.328 e.